The fourth-order valence-corrected chi connectivity index (χ4v) is 1.62. The summed E-state index contributed by atoms with van der Waals surface area (Å²) in [5.74, 6) is -0.421. The highest BCUT2D eigenvalue weighted by Gasteiger charge is 2.13. The van der Waals surface area contributed by atoms with Gasteiger partial charge in [0.1, 0.15) is 11.6 Å². The van der Waals surface area contributed by atoms with Crippen LogP contribution in [0, 0.1) is 21.4 Å². The number of hydrogen-bond donors (Lipinski definition) is 1. The van der Waals surface area contributed by atoms with Gasteiger partial charge in [-0.15, -0.1) is 0 Å². The van der Waals surface area contributed by atoms with E-state index >= 15 is 0 Å². The lowest BCUT2D eigenvalue weighted by Crippen LogP contribution is -2.02. The number of rotatable bonds is 4. The lowest BCUT2D eigenvalue weighted by atomic mass is 10.1. The molecule has 6 nitrogen and oxygen atoms in total. The molecule has 1 aromatic heterocycles. The van der Waals surface area contributed by atoms with Crippen LogP contribution in [0.1, 0.15) is 16.1 Å². The average Bonchev–Trinajstić information content (AvgIpc) is 2.98. The fourth-order valence-electron chi connectivity index (χ4n) is 1.62. The zero-order chi connectivity index (χ0) is 14.5. The van der Waals surface area contributed by atoms with Crippen LogP contribution in [0.5, 0.6) is 0 Å². The van der Waals surface area contributed by atoms with Crippen LogP contribution in [0.25, 0.3) is 6.08 Å². The van der Waals surface area contributed by atoms with E-state index in [4.69, 9.17) is 5.26 Å². The minimum Gasteiger partial charge on any atom is -0.358 e. The Morgan fingerprint density at radius 2 is 2.00 bits per heavy atom. The topological polar surface area (TPSA) is 99.8 Å². The smallest absolute Gasteiger partial charge is 0.269 e. The Morgan fingerprint density at radius 3 is 2.50 bits per heavy atom. The molecular weight excluding hydrogens is 258 g/mol. The number of non-ortho nitro benzene ring substituents is 1. The maximum atomic E-state index is 12.0. The van der Waals surface area contributed by atoms with Gasteiger partial charge in [0.05, 0.1) is 10.6 Å². The molecule has 0 atom stereocenters. The number of hydrogen-bond acceptors (Lipinski definition) is 4. The highest BCUT2D eigenvalue weighted by molar-refractivity contribution is 6.13. The zero-order valence-corrected chi connectivity index (χ0v) is 10.2. The van der Waals surface area contributed by atoms with Crippen LogP contribution in [-0.2, 0) is 0 Å². The van der Waals surface area contributed by atoms with Crippen molar-refractivity contribution < 1.29 is 9.72 Å². The molecule has 1 aromatic carbocycles. The molecule has 98 valence electrons. The molecule has 0 aliphatic rings. The van der Waals surface area contributed by atoms with Crippen molar-refractivity contribution in [2.75, 3.05) is 0 Å². The highest BCUT2D eigenvalue weighted by Crippen LogP contribution is 2.15. The van der Waals surface area contributed by atoms with Crippen LogP contribution in [-0.4, -0.2) is 15.7 Å². The van der Waals surface area contributed by atoms with Crippen LogP contribution in [0.4, 0.5) is 5.69 Å². The third kappa shape index (κ3) is 2.79. The standard InChI is InChI=1S/C14H9N3O3/c15-9-11(14(18)13-2-1-7-16-13)8-10-3-5-12(6-4-10)17(19)20/h1-8,16H/b11-8-. The van der Waals surface area contributed by atoms with Gasteiger partial charge < -0.3 is 4.98 Å². The summed E-state index contributed by atoms with van der Waals surface area (Å²) in [6.45, 7) is 0. The van der Waals surface area contributed by atoms with E-state index in [2.05, 4.69) is 4.98 Å². The number of nitriles is 1. The van der Waals surface area contributed by atoms with E-state index < -0.39 is 10.7 Å². The summed E-state index contributed by atoms with van der Waals surface area (Å²) < 4.78 is 0. The van der Waals surface area contributed by atoms with Crippen molar-refractivity contribution in [2.45, 2.75) is 0 Å². The van der Waals surface area contributed by atoms with E-state index in [1.54, 1.807) is 18.3 Å². The molecule has 0 radical (unpaired) electrons. The number of aromatic amines is 1. The number of Topliss-reactive ketones (excluding diaryl/α,β-unsaturated/α-hetero) is 1. The molecule has 0 aliphatic heterocycles. The maximum Gasteiger partial charge on any atom is 0.269 e. The van der Waals surface area contributed by atoms with Gasteiger partial charge in [-0.3, -0.25) is 14.9 Å². The predicted molar refractivity (Wildman–Crippen MR) is 71.8 cm³/mol. The number of carbonyl (C=O) groups excluding carboxylic acids is 1. The first-order valence-corrected chi connectivity index (χ1v) is 5.66. The molecule has 0 saturated carbocycles. The summed E-state index contributed by atoms with van der Waals surface area (Å²) in [6.07, 6.45) is 2.99. The SMILES string of the molecule is N#C/C(=C/c1ccc([N+](=O)[O-])cc1)C(=O)c1ccc[nH]1. The number of allylic oxidation sites excluding steroid dienone is 1. The second-order valence-electron chi connectivity index (χ2n) is 3.93. The van der Waals surface area contributed by atoms with Crippen LogP contribution in [0.2, 0.25) is 0 Å². The summed E-state index contributed by atoms with van der Waals surface area (Å²) in [5, 5.41) is 19.6. The first-order valence-electron chi connectivity index (χ1n) is 5.66. The molecule has 2 aromatic rings. The van der Waals surface area contributed by atoms with Crippen LogP contribution in [0.3, 0.4) is 0 Å². The molecule has 0 spiro atoms. The van der Waals surface area contributed by atoms with E-state index in [-0.39, 0.29) is 11.3 Å². The van der Waals surface area contributed by atoms with Crippen LogP contribution in [0.15, 0.2) is 48.2 Å². The first-order chi connectivity index (χ1) is 9.61. The fraction of sp³-hybridized carbons (Fsp3) is 0. The molecule has 0 fully saturated rings. The molecule has 0 aliphatic carbocycles. The lowest BCUT2D eigenvalue weighted by molar-refractivity contribution is -0.384. The van der Waals surface area contributed by atoms with Gasteiger partial charge in [0.15, 0.2) is 0 Å². The number of aromatic nitrogens is 1. The quantitative estimate of drug-likeness (QED) is 0.302. The average molecular weight is 267 g/mol. The Balaban J connectivity index is 2.30. The van der Waals surface area contributed by atoms with Gasteiger partial charge in [-0.2, -0.15) is 5.26 Å². The van der Waals surface area contributed by atoms with Crippen molar-refractivity contribution in [2.24, 2.45) is 0 Å². The van der Waals surface area contributed by atoms with Gasteiger partial charge in [-0.25, -0.2) is 0 Å². The number of H-pyrrole nitrogens is 1. The minimum absolute atomic E-state index is 0.0405. The summed E-state index contributed by atoms with van der Waals surface area (Å²) in [6, 6.07) is 10.7. The van der Waals surface area contributed by atoms with Gasteiger partial charge in [-0.1, -0.05) is 0 Å². The van der Waals surface area contributed by atoms with Gasteiger partial charge in [0.2, 0.25) is 5.78 Å². The number of nitrogens with zero attached hydrogens (tertiary/aromatic N) is 2. The van der Waals surface area contributed by atoms with Crippen molar-refractivity contribution in [1.29, 1.82) is 5.26 Å². The second-order valence-corrected chi connectivity index (χ2v) is 3.93. The molecule has 6 heteroatoms. The molecule has 2 rings (SSSR count). The summed E-state index contributed by atoms with van der Waals surface area (Å²) in [4.78, 5) is 24.7. The second kappa shape index (κ2) is 5.63. The molecule has 1 N–H and O–H groups in total. The molecule has 0 unspecified atom stereocenters. The molecule has 0 amide bonds. The zero-order valence-electron chi connectivity index (χ0n) is 10.2. The number of nitro benzene ring substituents is 1. The number of nitro groups is 1. The van der Waals surface area contributed by atoms with Gasteiger partial charge in [-0.05, 0) is 35.9 Å². The number of nitrogens with one attached hydrogen (secondary N) is 1. The number of carbonyl (C=O) groups is 1. The highest BCUT2D eigenvalue weighted by atomic mass is 16.6. The Hall–Kier alpha value is -3.20. The van der Waals surface area contributed by atoms with Gasteiger partial charge >= 0.3 is 0 Å². The Kier molecular flexibility index (Phi) is 3.72. The first kappa shape index (κ1) is 13.2. The normalized spacial score (nSPS) is 10.8. The molecule has 20 heavy (non-hydrogen) atoms. The van der Waals surface area contributed by atoms with Gasteiger partial charge in [0.25, 0.3) is 5.69 Å². The molecular formula is C14H9N3O3. The van der Waals surface area contributed by atoms with Crippen molar-refractivity contribution >= 4 is 17.5 Å². The van der Waals surface area contributed by atoms with E-state index in [1.807, 2.05) is 6.07 Å². The summed E-state index contributed by atoms with van der Waals surface area (Å²) in [5.41, 5.74) is 0.782. The monoisotopic (exact) mass is 267 g/mol. The predicted octanol–water partition coefficient (Wildman–Crippen LogP) is 2.71. The Morgan fingerprint density at radius 1 is 1.30 bits per heavy atom. The number of ketones is 1. The largest absolute Gasteiger partial charge is 0.358 e. The summed E-state index contributed by atoms with van der Waals surface area (Å²) in [7, 11) is 0. The van der Waals surface area contributed by atoms with Crippen molar-refractivity contribution in [3.8, 4) is 6.07 Å². The Bertz CT molecular complexity index is 707. The molecule has 0 saturated heterocycles. The lowest BCUT2D eigenvalue weighted by Gasteiger charge is -1.97. The van der Waals surface area contributed by atoms with Crippen molar-refractivity contribution in [3.63, 3.8) is 0 Å². The molecule has 0 bridgehead atoms. The molecule has 1 heterocycles. The van der Waals surface area contributed by atoms with Crippen molar-refractivity contribution in [1.82, 2.24) is 4.98 Å². The third-order valence-corrected chi connectivity index (χ3v) is 2.62. The van der Waals surface area contributed by atoms with Gasteiger partial charge in [0, 0.05) is 18.3 Å². The number of benzene rings is 1. The van der Waals surface area contributed by atoms with Crippen LogP contribution < -0.4 is 0 Å². The minimum atomic E-state index is -0.511. The maximum absolute atomic E-state index is 12.0. The Labute approximate surface area is 114 Å². The summed E-state index contributed by atoms with van der Waals surface area (Å²) >= 11 is 0. The van der Waals surface area contributed by atoms with E-state index in [0.717, 1.165) is 0 Å². The van der Waals surface area contributed by atoms with E-state index in [1.165, 1.54) is 30.3 Å². The third-order valence-electron chi connectivity index (χ3n) is 2.62. The van der Waals surface area contributed by atoms with E-state index in [9.17, 15) is 14.9 Å². The van der Waals surface area contributed by atoms with E-state index in [0.29, 0.717) is 11.3 Å². The van der Waals surface area contributed by atoms with Crippen LogP contribution >= 0.6 is 0 Å². The van der Waals surface area contributed by atoms with Crippen molar-refractivity contribution in [3.05, 3.63) is 69.5 Å².